The molecule has 0 aliphatic carbocycles. The van der Waals surface area contributed by atoms with Gasteiger partial charge in [0, 0.05) is 16.1 Å². The highest BCUT2D eigenvalue weighted by molar-refractivity contribution is 9.10. The Bertz CT molecular complexity index is 2070. The van der Waals surface area contributed by atoms with E-state index in [1.165, 1.54) is 4.57 Å². The summed E-state index contributed by atoms with van der Waals surface area (Å²) in [4.78, 5) is 61.9. The van der Waals surface area contributed by atoms with Crippen LogP contribution in [0.5, 0.6) is 0 Å². The first-order chi connectivity index (χ1) is 24.4. The Kier molecular flexibility index (Phi) is 10.5. The number of halogens is 2. The zero-order valence-corrected chi connectivity index (χ0v) is 30.0. The fourth-order valence-electron chi connectivity index (χ4n) is 5.28. The molecule has 5 aromatic rings. The van der Waals surface area contributed by atoms with Crippen LogP contribution in [0.25, 0.3) is 11.0 Å². The predicted octanol–water partition coefficient (Wildman–Crippen LogP) is 7.04. The van der Waals surface area contributed by atoms with E-state index in [2.05, 4.69) is 31.2 Å². The molecule has 2 aromatic heterocycles. The van der Waals surface area contributed by atoms with E-state index >= 15 is 0 Å². The van der Waals surface area contributed by atoms with E-state index in [0.29, 0.717) is 15.4 Å². The molecular formula is C37H32BrClN4O8. The van der Waals surface area contributed by atoms with Crippen LogP contribution >= 0.6 is 27.5 Å². The van der Waals surface area contributed by atoms with Crippen LogP contribution in [0.1, 0.15) is 58.1 Å². The highest BCUT2D eigenvalue weighted by Crippen LogP contribution is 2.40. The number of esters is 3. The van der Waals surface area contributed by atoms with E-state index in [4.69, 9.17) is 30.5 Å². The molecule has 4 atom stereocenters. The van der Waals surface area contributed by atoms with Crippen molar-refractivity contribution in [3.63, 3.8) is 0 Å². The minimum absolute atomic E-state index is 0.0195. The van der Waals surface area contributed by atoms with Crippen molar-refractivity contribution < 1.29 is 38.1 Å². The Morgan fingerprint density at radius 1 is 0.804 bits per heavy atom. The van der Waals surface area contributed by atoms with Gasteiger partial charge in [-0.05, 0) is 52.3 Å². The minimum Gasteiger partial charge on any atom is -0.459 e. The fraction of sp³-hybridized carbons (Fsp3) is 0.243. The van der Waals surface area contributed by atoms with Gasteiger partial charge in [-0.25, -0.2) is 14.4 Å². The zero-order chi connectivity index (χ0) is 36.3. The quantitative estimate of drug-likeness (QED) is 0.0940. The summed E-state index contributed by atoms with van der Waals surface area (Å²) < 4.78 is 26.3. The monoisotopic (exact) mass is 774 g/mol. The normalized spacial score (nSPS) is 18.6. The van der Waals surface area contributed by atoms with Gasteiger partial charge >= 0.3 is 17.9 Å². The summed E-state index contributed by atoms with van der Waals surface area (Å²) in [5, 5.41) is 3.08. The van der Waals surface area contributed by atoms with Gasteiger partial charge in [0.05, 0.1) is 22.1 Å². The Balaban J connectivity index is 1.43. The Labute approximate surface area is 306 Å². The van der Waals surface area contributed by atoms with Crippen LogP contribution in [0.2, 0.25) is 5.15 Å². The number of anilines is 1. The molecule has 0 spiro atoms. The van der Waals surface area contributed by atoms with E-state index in [9.17, 15) is 19.2 Å². The third-order valence-corrected chi connectivity index (χ3v) is 8.82. The standard InChI is InChI=1S/C37H32BrClN4O8/c1-37(2,3)35(47)42-36-40-29(39)26-24(38)19-43(30(26)41-36)31-28(51-34(46)23-17-11-6-12-18-23)27(50-33(45)22-15-9-5-10-16-22)25(49-31)20-48-32(44)21-13-7-4-8-14-21/h4-19,25,27-28,31H,20H2,1-3H3,(H,40,41,42,47)/t25-,27-,28-,31-/m1/s1. The first-order valence-electron chi connectivity index (χ1n) is 15.9. The van der Waals surface area contributed by atoms with E-state index in [1.54, 1.807) is 118 Å². The molecule has 3 aromatic carbocycles. The third-order valence-electron chi connectivity index (χ3n) is 7.94. The van der Waals surface area contributed by atoms with Gasteiger partial charge in [-0.15, -0.1) is 0 Å². The van der Waals surface area contributed by atoms with Crippen LogP contribution in [-0.4, -0.2) is 63.3 Å². The van der Waals surface area contributed by atoms with Gasteiger partial charge in [0.25, 0.3) is 0 Å². The Morgan fingerprint density at radius 3 is 1.84 bits per heavy atom. The molecule has 1 saturated heterocycles. The second kappa shape index (κ2) is 15.0. The zero-order valence-electron chi connectivity index (χ0n) is 27.6. The predicted molar refractivity (Wildman–Crippen MR) is 190 cm³/mol. The molecule has 1 fully saturated rings. The van der Waals surface area contributed by atoms with Crippen molar-refractivity contribution in [3.05, 3.63) is 124 Å². The number of hydrogen-bond donors (Lipinski definition) is 1. The molecule has 12 nitrogen and oxygen atoms in total. The van der Waals surface area contributed by atoms with Crippen LogP contribution in [0.15, 0.2) is 102 Å². The molecular weight excluding hydrogens is 744 g/mol. The number of aromatic nitrogens is 3. The summed E-state index contributed by atoms with van der Waals surface area (Å²) >= 11 is 10.1. The summed E-state index contributed by atoms with van der Waals surface area (Å²) in [6.07, 6.45) is -3.33. The lowest BCUT2D eigenvalue weighted by Crippen LogP contribution is -2.41. The molecule has 14 heteroatoms. The molecule has 1 N–H and O–H groups in total. The topological polar surface area (TPSA) is 148 Å². The number of benzene rings is 3. The number of carbonyl (C=O) groups excluding carboxylic acids is 4. The summed E-state index contributed by atoms with van der Waals surface area (Å²) in [5.41, 5.74) is 0.209. The summed E-state index contributed by atoms with van der Waals surface area (Å²) in [6.45, 7) is 4.84. The second-order valence-electron chi connectivity index (χ2n) is 12.6. The van der Waals surface area contributed by atoms with Gasteiger partial charge in [-0.3, -0.25) is 10.1 Å². The van der Waals surface area contributed by atoms with Crippen molar-refractivity contribution in [1.29, 1.82) is 0 Å². The molecule has 262 valence electrons. The lowest BCUT2D eigenvalue weighted by Gasteiger charge is -2.25. The van der Waals surface area contributed by atoms with E-state index in [1.807, 2.05) is 0 Å². The molecule has 0 saturated carbocycles. The van der Waals surface area contributed by atoms with Gasteiger partial charge in [0.1, 0.15) is 17.9 Å². The highest BCUT2D eigenvalue weighted by atomic mass is 79.9. The lowest BCUT2D eigenvalue weighted by atomic mass is 9.96. The van der Waals surface area contributed by atoms with Crippen LogP contribution in [0, 0.1) is 5.41 Å². The average molecular weight is 776 g/mol. The molecule has 3 heterocycles. The SMILES string of the molecule is CC(C)(C)C(=O)Nc1nc(Cl)c2c(Br)cn([C@@H]3O[C@H](COC(=O)c4ccccc4)[C@@H](OC(=O)c4ccccc4)[C@H]3OC(=O)c3ccccc3)c2n1. The molecule has 1 aliphatic heterocycles. The van der Waals surface area contributed by atoms with Crippen LogP contribution in [0.3, 0.4) is 0 Å². The maximum Gasteiger partial charge on any atom is 0.338 e. The molecule has 0 bridgehead atoms. The first-order valence-corrected chi connectivity index (χ1v) is 17.0. The molecule has 1 amide bonds. The van der Waals surface area contributed by atoms with Gasteiger partial charge in [-0.2, -0.15) is 9.97 Å². The number of hydrogen-bond acceptors (Lipinski definition) is 10. The van der Waals surface area contributed by atoms with Crippen LogP contribution < -0.4 is 5.32 Å². The molecule has 6 rings (SSSR count). The van der Waals surface area contributed by atoms with Crippen molar-refractivity contribution >= 4 is 68.3 Å². The van der Waals surface area contributed by atoms with Gasteiger partial charge in [0.15, 0.2) is 24.1 Å². The van der Waals surface area contributed by atoms with Gasteiger partial charge in [-0.1, -0.05) is 87.0 Å². The number of ether oxygens (including phenoxy) is 4. The highest BCUT2D eigenvalue weighted by Gasteiger charge is 2.52. The average Bonchev–Trinajstić information content (AvgIpc) is 3.63. The second-order valence-corrected chi connectivity index (χ2v) is 13.8. The largest absolute Gasteiger partial charge is 0.459 e. The number of carbonyl (C=O) groups is 4. The summed E-state index contributed by atoms with van der Waals surface area (Å²) in [5.74, 6) is -2.51. The van der Waals surface area contributed by atoms with Gasteiger partial charge in [0.2, 0.25) is 11.9 Å². The molecule has 1 aliphatic rings. The molecule has 51 heavy (non-hydrogen) atoms. The fourth-order valence-corrected chi connectivity index (χ4v) is 6.25. The van der Waals surface area contributed by atoms with Crippen LogP contribution in [0.4, 0.5) is 5.95 Å². The number of nitrogens with one attached hydrogen (secondary N) is 1. The number of amides is 1. The Hall–Kier alpha value is -5.11. The maximum absolute atomic E-state index is 13.6. The van der Waals surface area contributed by atoms with Crippen molar-refractivity contribution in [1.82, 2.24) is 14.5 Å². The van der Waals surface area contributed by atoms with E-state index < -0.39 is 47.9 Å². The van der Waals surface area contributed by atoms with Gasteiger partial charge < -0.3 is 23.5 Å². The van der Waals surface area contributed by atoms with Crippen molar-refractivity contribution in [2.45, 2.75) is 45.3 Å². The van der Waals surface area contributed by atoms with Crippen molar-refractivity contribution in [3.8, 4) is 0 Å². The number of nitrogens with zero attached hydrogens (tertiary/aromatic N) is 3. The lowest BCUT2D eigenvalue weighted by molar-refractivity contribution is -0.123. The summed E-state index contributed by atoms with van der Waals surface area (Å²) in [7, 11) is 0. The van der Waals surface area contributed by atoms with Crippen molar-refractivity contribution in [2.24, 2.45) is 5.41 Å². The smallest absolute Gasteiger partial charge is 0.338 e. The molecule has 0 radical (unpaired) electrons. The minimum atomic E-state index is -1.31. The van der Waals surface area contributed by atoms with E-state index in [-0.39, 0.29) is 40.4 Å². The summed E-state index contributed by atoms with van der Waals surface area (Å²) in [6, 6.07) is 24.9. The van der Waals surface area contributed by atoms with Crippen molar-refractivity contribution in [2.75, 3.05) is 11.9 Å². The maximum atomic E-state index is 13.6. The first kappa shape index (κ1) is 35.7. The third kappa shape index (κ3) is 7.95. The number of fused-ring (bicyclic) bond motifs is 1. The van der Waals surface area contributed by atoms with E-state index in [0.717, 1.165) is 0 Å². The number of rotatable bonds is 9. The molecule has 0 unspecified atom stereocenters. The van der Waals surface area contributed by atoms with Crippen LogP contribution in [-0.2, 0) is 23.7 Å². The Morgan fingerprint density at radius 2 is 1.31 bits per heavy atom.